The van der Waals surface area contributed by atoms with E-state index in [2.05, 4.69) is 0 Å². The Morgan fingerprint density at radius 3 is 2.93 bits per heavy atom. The normalized spacial score (nSPS) is 36.2. The number of aliphatic carboxylic acids is 1. The predicted molar refractivity (Wildman–Crippen MR) is 56.3 cm³/mol. The maximum absolute atomic E-state index is 11.8. The number of carbonyl (C=O) groups excluding carboxylic acids is 1. The van der Waals surface area contributed by atoms with Gasteiger partial charge in [-0.3, -0.25) is 4.79 Å². The van der Waals surface area contributed by atoms with Crippen molar-refractivity contribution in [1.82, 2.24) is 4.90 Å². The topological polar surface area (TPSA) is 83.6 Å². The molecule has 2 aliphatic rings. The van der Waals surface area contributed by atoms with Crippen LogP contribution in [0.3, 0.4) is 0 Å². The van der Waals surface area contributed by atoms with Crippen LogP contribution in [0.1, 0.15) is 19.3 Å². The van der Waals surface area contributed by atoms with Crippen LogP contribution in [0.4, 0.5) is 0 Å². The van der Waals surface area contributed by atoms with Gasteiger partial charge in [-0.25, -0.2) is 4.79 Å². The minimum Gasteiger partial charge on any atom is -0.480 e. The lowest BCUT2D eigenvalue weighted by atomic mass is 10.0. The molecule has 3 atom stereocenters. The first-order valence-corrected chi connectivity index (χ1v) is 6.08. The molecule has 0 bridgehead atoms. The third-order valence-corrected chi connectivity index (χ3v) is 4.30. The quantitative estimate of drug-likeness (QED) is 0.654. The lowest BCUT2D eigenvalue weighted by molar-refractivity contribution is -0.153. The van der Waals surface area contributed by atoms with Crippen LogP contribution in [0.2, 0.25) is 0 Å². The van der Waals surface area contributed by atoms with Gasteiger partial charge in [0, 0.05) is 5.75 Å². The van der Waals surface area contributed by atoms with E-state index in [-0.39, 0.29) is 11.3 Å². The van der Waals surface area contributed by atoms with E-state index in [0.29, 0.717) is 12.2 Å². The molecule has 2 rings (SSSR count). The first-order valence-electron chi connectivity index (χ1n) is 5.03. The van der Waals surface area contributed by atoms with Gasteiger partial charge in [0.1, 0.15) is 6.04 Å². The smallest absolute Gasteiger partial charge is 0.326 e. The molecule has 2 fully saturated rings. The molecule has 2 saturated heterocycles. The summed E-state index contributed by atoms with van der Waals surface area (Å²) in [5.41, 5.74) is 5.64. The van der Waals surface area contributed by atoms with Crippen molar-refractivity contribution >= 4 is 23.6 Å². The van der Waals surface area contributed by atoms with Gasteiger partial charge in [0.15, 0.2) is 0 Å². The van der Waals surface area contributed by atoms with Crippen LogP contribution >= 0.6 is 11.8 Å². The van der Waals surface area contributed by atoms with Crippen molar-refractivity contribution in [1.29, 1.82) is 0 Å². The molecule has 6 heteroatoms. The molecule has 5 nitrogen and oxygen atoms in total. The Labute approximate surface area is 92.0 Å². The van der Waals surface area contributed by atoms with Gasteiger partial charge < -0.3 is 15.7 Å². The Bertz CT molecular complexity index is 297. The van der Waals surface area contributed by atoms with Crippen LogP contribution in [-0.2, 0) is 9.59 Å². The summed E-state index contributed by atoms with van der Waals surface area (Å²) in [7, 11) is 0. The summed E-state index contributed by atoms with van der Waals surface area (Å²) in [6, 6.07) is -1.21. The van der Waals surface area contributed by atoms with E-state index in [9.17, 15) is 9.59 Å². The number of thioether (sulfide) groups is 1. The number of piperidine rings is 1. The molecular formula is C9H14N2O3S. The number of nitrogens with two attached hydrogens (primary N) is 1. The summed E-state index contributed by atoms with van der Waals surface area (Å²) in [6.45, 7) is 0. The first-order chi connectivity index (χ1) is 7.11. The van der Waals surface area contributed by atoms with Crippen molar-refractivity contribution in [3.8, 4) is 0 Å². The average Bonchev–Trinajstić information content (AvgIpc) is 2.23. The highest BCUT2D eigenvalue weighted by atomic mass is 32.2. The van der Waals surface area contributed by atoms with Crippen molar-refractivity contribution in [3.63, 3.8) is 0 Å². The van der Waals surface area contributed by atoms with Crippen LogP contribution < -0.4 is 5.73 Å². The van der Waals surface area contributed by atoms with Gasteiger partial charge in [0.05, 0.1) is 11.4 Å². The number of hydrogen-bond acceptors (Lipinski definition) is 4. The number of amides is 1. The van der Waals surface area contributed by atoms with Crippen molar-refractivity contribution in [3.05, 3.63) is 0 Å². The zero-order valence-electron chi connectivity index (χ0n) is 8.26. The molecule has 0 radical (unpaired) electrons. The highest BCUT2D eigenvalue weighted by Gasteiger charge is 2.43. The zero-order valence-corrected chi connectivity index (χ0v) is 9.07. The average molecular weight is 230 g/mol. The van der Waals surface area contributed by atoms with Gasteiger partial charge >= 0.3 is 5.97 Å². The number of carboxylic acid groups (broad SMARTS) is 1. The fourth-order valence-corrected chi connectivity index (χ4v) is 3.46. The van der Waals surface area contributed by atoms with Crippen molar-refractivity contribution in [2.75, 3.05) is 5.75 Å². The van der Waals surface area contributed by atoms with Gasteiger partial charge in [0.25, 0.3) is 0 Å². The second kappa shape index (κ2) is 4.02. The number of carboxylic acids is 1. The molecule has 1 amide bonds. The van der Waals surface area contributed by atoms with Crippen LogP contribution in [0.15, 0.2) is 0 Å². The number of nitrogens with zero attached hydrogens (tertiary/aromatic N) is 1. The van der Waals surface area contributed by atoms with Gasteiger partial charge in [-0.1, -0.05) is 0 Å². The van der Waals surface area contributed by atoms with E-state index in [1.807, 2.05) is 0 Å². The largest absolute Gasteiger partial charge is 0.480 e. The standard InChI is InChI=1S/C9H14N2O3S/c10-5-4-15-7-3-1-2-6(9(13)14)11(7)8(5)12/h5-7H,1-4,10H2,(H,13,14). The summed E-state index contributed by atoms with van der Waals surface area (Å²) in [6.07, 6.45) is 2.30. The SMILES string of the molecule is NC1CSC2CCCC(C(=O)O)N2C1=O. The Balaban J connectivity index is 2.21. The van der Waals surface area contributed by atoms with Crippen LogP contribution in [0, 0.1) is 0 Å². The fourth-order valence-electron chi connectivity index (χ4n) is 2.14. The molecular weight excluding hydrogens is 216 g/mol. The van der Waals surface area contributed by atoms with Crippen LogP contribution in [-0.4, -0.2) is 45.1 Å². The van der Waals surface area contributed by atoms with Crippen molar-refractivity contribution < 1.29 is 14.7 Å². The molecule has 84 valence electrons. The van der Waals surface area contributed by atoms with Crippen LogP contribution in [0.5, 0.6) is 0 Å². The molecule has 0 aromatic carbocycles. The molecule has 15 heavy (non-hydrogen) atoms. The Morgan fingerprint density at radius 1 is 1.53 bits per heavy atom. The number of fused-ring (bicyclic) bond motifs is 1. The van der Waals surface area contributed by atoms with E-state index in [4.69, 9.17) is 10.8 Å². The second-order valence-corrected chi connectivity index (χ2v) is 5.14. The summed E-state index contributed by atoms with van der Waals surface area (Å²) in [5.74, 6) is -0.514. The Kier molecular flexibility index (Phi) is 2.88. The lowest BCUT2D eigenvalue weighted by Crippen LogP contribution is -2.60. The Hall–Kier alpha value is -0.750. The summed E-state index contributed by atoms with van der Waals surface area (Å²) in [5, 5.41) is 9.06. The first kappa shape index (κ1) is 10.8. The molecule has 3 N–H and O–H groups in total. The summed E-state index contributed by atoms with van der Waals surface area (Å²) >= 11 is 1.60. The number of rotatable bonds is 1. The van der Waals surface area contributed by atoms with E-state index in [0.717, 1.165) is 12.8 Å². The molecule has 0 aromatic heterocycles. The number of carbonyl (C=O) groups is 2. The summed E-state index contributed by atoms with van der Waals surface area (Å²) < 4.78 is 0. The van der Waals surface area contributed by atoms with E-state index < -0.39 is 18.1 Å². The Morgan fingerprint density at radius 2 is 2.27 bits per heavy atom. The zero-order chi connectivity index (χ0) is 11.0. The molecule has 2 aliphatic heterocycles. The monoisotopic (exact) mass is 230 g/mol. The molecule has 0 aromatic rings. The molecule has 3 unspecified atom stereocenters. The van der Waals surface area contributed by atoms with E-state index >= 15 is 0 Å². The third-order valence-electron chi connectivity index (χ3n) is 2.90. The third kappa shape index (κ3) is 1.83. The van der Waals surface area contributed by atoms with Crippen LogP contribution in [0.25, 0.3) is 0 Å². The molecule has 2 heterocycles. The fraction of sp³-hybridized carbons (Fsp3) is 0.778. The van der Waals surface area contributed by atoms with Gasteiger partial charge in [-0.2, -0.15) is 0 Å². The van der Waals surface area contributed by atoms with Gasteiger partial charge in [0.2, 0.25) is 5.91 Å². The van der Waals surface area contributed by atoms with Gasteiger partial charge in [-0.15, -0.1) is 11.8 Å². The minimum absolute atomic E-state index is 0.0205. The molecule has 0 aliphatic carbocycles. The maximum Gasteiger partial charge on any atom is 0.326 e. The van der Waals surface area contributed by atoms with Crippen molar-refractivity contribution in [2.45, 2.75) is 36.7 Å². The van der Waals surface area contributed by atoms with E-state index in [1.54, 1.807) is 11.8 Å². The maximum atomic E-state index is 11.8. The predicted octanol–water partition coefficient (Wildman–Crippen LogP) is -0.148. The molecule has 0 saturated carbocycles. The minimum atomic E-state index is -0.914. The molecule has 0 spiro atoms. The number of hydrogen-bond donors (Lipinski definition) is 2. The van der Waals surface area contributed by atoms with Crippen molar-refractivity contribution in [2.24, 2.45) is 5.73 Å². The lowest BCUT2D eigenvalue weighted by Gasteiger charge is -2.44. The summed E-state index contributed by atoms with van der Waals surface area (Å²) in [4.78, 5) is 24.3. The highest BCUT2D eigenvalue weighted by Crippen LogP contribution is 2.34. The highest BCUT2D eigenvalue weighted by molar-refractivity contribution is 8.00. The van der Waals surface area contributed by atoms with E-state index in [1.165, 1.54) is 4.90 Å². The van der Waals surface area contributed by atoms with Gasteiger partial charge in [-0.05, 0) is 19.3 Å². The second-order valence-electron chi connectivity index (χ2n) is 3.92.